The predicted octanol–water partition coefficient (Wildman–Crippen LogP) is 2.00. The number of ether oxygens (including phenoxy) is 5. The summed E-state index contributed by atoms with van der Waals surface area (Å²) in [4.78, 5) is 11.9. The summed E-state index contributed by atoms with van der Waals surface area (Å²) >= 11 is 0. The van der Waals surface area contributed by atoms with Gasteiger partial charge in [-0.05, 0) is 32.1 Å². The van der Waals surface area contributed by atoms with Crippen molar-refractivity contribution < 1.29 is 28.5 Å². The molecule has 2 aliphatic heterocycles. The highest BCUT2D eigenvalue weighted by Crippen LogP contribution is 2.35. The fourth-order valence-electron chi connectivity index (χ4n) is 2.74. The van der Waals surface area contributed by atoms with Gasteiger partial charge >= 0.3 is 5.97 Å². The van der Waals surface area contributed by atoms with Crippen molar-refractivity contribution in [1.82, 2.24) is 0 Å². The molecule has 2 heterocycles. The lowest BCUT2D eigenvalue weighted by Crippen LogP contribution is -2.37. The fourth-order valence-corrected chi connectivity index (χ4v) is 2.74. The summed E-state index contributed by atoms with van der Waals surface area (Å²) < 4.78 is 27.9. The molecule has 6 nitrogen and oxygen atoms in total. The smallest absolute Gasteiger partial charge is 0.337 e. The lowest BCUT2D eigenvalue weighted by atomic mass is 10.1. The second-order valence-corrected chi connectivity index (χ2v) is 5.47. The van der Waals surface area contributed by atoms with E-state index in [1.807, 2.05) is 13.8 Å². The molecule has 0 aromatic rings. The number of hydrogen-bond donors (Lipinski definition) is 0. The first-order valence-electron chi connectivity index (χ1n) is 7.80. The number of methoxy groups -OCH3 is 1. The van der Waals surface area contributed by atoms with Crippen LogP contribution in [-0.4, -0.2) is 50.6 Å². The standard InChI is InChI=1S/C15H26O6/c1-4-15(5-2)20-11(13(21-15)14(16)17-3)10-19-12-8-6-7-9-18-12/h11-13H,4-10H2,1-3H3. The number of carbonyl (C=O) groups excluding carboxylic acids is 1. The summed E-state index contributed by atoms with van der Waals surface area (Å²) in [7, 11) is 1.35. The third-order valence-electron chi connectivity index (χ3n) is 4.14. The molecule has 0 radical (unpaired) electrons. The van der Waals surface area contributed by atoms with Gasteiger partial charge in [0.05, 0.1) is 13.7 Å². The maximum Gasteiger partial charge on any atom is 0.337 e. The minimum absolute atomic E-state index is 0.209. The van der Waals surface area contributed by atoms with E-state index in [1.54, 1.807) is 0 Å². The summed E-state index contributed by atoms with van der Waals surface area (Å²) in [5, 5.41) is 0. The molecule has 0 spiro atoms. The van der Waals surface area contributed by atoms with Gasteiger partial charge in [-0.25, -0.2) is 4.79 Å². The molecule has 0 saturated carbocycles. The minimum Gasteiger partial charge on any atom is -0.467 e. The molecule has 0 aromatic carbocycles. The van der Waals surface area contributed by atoms with E-state index in [0.717, 1.165) is 25.9 Å². The van der Waals surface area contributed by atoms with Crippen molar-refractivity contribution in [2.75, 3.05) is 20.3 Å². The van der Waals surface area contributed by atoms with Crippen molar-refractivity contribution in [2.45, 2.75) is 70.2 Å². The third-order valence-corrected chi connectivity index (χ3v) is 4.14. The molecule has 21 heavy (non-hydrogen) atoms. The van der Waals surface area contributed by atoms with Crippen LogP contribution in [0.4, 0.5) is 0 Å². The topological polar surface area (TPSA) is 63.2 Å². The molecule has 3 atom stereocenters. The molecule has 0 aromatic heterocycles. The molecule has 122 valence electrons. The van der Waals surface area contributed by atoms with Gasteiger partial charge in [0.25, 0.3) is 0 Å². The Kier molecular flexibility index (Phi) is 5.98. The van der Waals surface area contributed by atoms with Crippen LogP contribution in [-0.2, 0) is 28.5 Å². The fraction of sp³-hybridized carbons (Fsp3) is 0.933. The molecule has 0 N–H and O–H groups in total. The summed E-state index contributed by atoms with van der Waals surface area (Å²) in [6.45, 7) is 4.95. The molecule has 6 heteroatoms. The van der Waals surface area contributed by atoms with Gasteiger partial charge in [0.1, 0.15) is 6.10 Å². The molecule has 3 unspecified atom stereocenters. The Hall–Kier alpha value is -0.690. The van der Waals surface area contributed by atoms with E-state index in [1.165, 1.54) is 7.11 Å². The van der Waals surface area contributed by atoms with E-state index in [0.29, 0.717) is 12.8 Å². The van der Waals surface area contributed by atoms with Crippen LogP contribution in [0.2, 0.25) is 0 Å². The van der Waals surface area contributed by atoms with Crippen LogP contribution < -0.4 is 0 Å². The van der Waals surface area contributed by atoms with Crippen LogP contribution >= 0.6 is 0 Å². The quantitative estimate of drug-likeness (QED) is 0.699. The predicted molar refractivity (Wildman–Crippen MR) is 74.6 cm³/mol. The molecular weight excluding hydrogens is 276 g/mol. The Morgan fingerprint density at radius 1 is 1.24 bits per heavy atom. The highest BCUT2D eigenvalue weighted by atomic mass is 16.8. The van der Waals surface area contributed by atoms with Crippen LogP contribution in [0.25, 0.3) is 0 Å². The highest BCUT2D eigenvalue weighted by Gasteiger charge is 2.49. The van der Waals surface area contributed by atoms with Gasteiger partial charge in [0.15, 0.2) is 18.2 Å². The lowest BCUT2D eigenvalue weighted by molar-refractivity contribution is -0.202. The van der Waals surface area contributed by atoms with Gasteiger partial charge in [0, 0.05) is 6.61 Å². The van der Waals surface area contributed by atoms with Crippen molar-refractivity contribution in [2.24, 2.45) is 0 Å². The summed E-state index contributed by atoms with van der Waals surface area (Å²) in [5.74, 6) is -1.14. The molecule has 0 amide bonds. The first-order chi connectivity index (χ1) is 10.1. The molecule has 2 fully saturated rings. The Labute approximate surface area is 126 Å². The van der Waals surface area contributed by atoms with E-state index in [9.17, 15) is 4.79 Å². The number of carbonyl (C=O) groups is 1. The monoisotopic (exact) mass is 302 g/mol. The van der Waals surface area contributed by atoms with Gasteiger partial charge < -0.3 is 23.7 Å². The largest absolute Gasteiger partial charge is 0.467 e. The van der Waals surface area contributed by atoms with Crippen molar-refractivity contribution in [1.29, 1.82) is 0 Å². The summed E-state index contributed by atoms with van der Waals surface area (Å²) in [6, 6.07) is 0. The zero-order chi connectivity index (χ0) is 15.3. The van der Waals surface area contributed by atoms with E-state index in [-0.39, 0.29) is 12.9 Å². The van der Waals surface area contributed by atoms with Gasteiger partial charge in [-0.1, -0.05) is 13.8 Å². The Morgan fingerprint density at radius 3 is 2.57 bits per heavy atom. The van der Waals surface area contributed by atoms with E-state index in [4.69, 9.17) is 23.7 Å². The van der Waals surface area contributed by atoms with Gasteiger partial charge in [-0.2, -0.15) is 0 Å². The SMILES string of the molecule is CCC1(CC)OC(COC2CCCCO2)C(C(=O)OC)O1. The van der Waals surface area contributed by atoms with Crippen molar-refractivity contribution in [3.63, 3.8) is 0 Å². The first kappa shape index (κ1) is 16.7. The first-order valence-corrected chi connectivity index (χ1v) is 7.80. The highest BCUT2D eigenvalue weighted by molar-refractivity contribution is 5.75. The third kappa shape index (κ3) is 3.94. The van der Waals surface area contributed by atoms with E-state index in [2.05, 4.69) is 0 Å². The molecule has 0 aliphatic carbocycles. The Morgan fingerprint density at radius 2 is 2.00 bits per heavy atom. The van der Waals surface area contributed by atoms with Crippen molar-refractivity contribution in [3.8, 4) is 0 Å². The molecular formula is C15H26O6. The normalized spacial score (nSPS) is 32.0. The zero-order valence-electron chi connectivity index (χ0n) is 13.1. The average Bonchev–Trinajstić information content (AvgIpc) is 2.93. The van der Waals surface area contributed by atoms with Gasteiger partial charge in [-0.15, -0.1) is 0 Å². The second kappa shape index (κ2) is 7.54. The maximum atomic E-state index is 11.9. The summed E-state index contributed by atoms with van der Waals surface area (Å²) in [5.41, 5.74) is 0. The lowest BCUT2D eigenvalue weighted by Gasteiger charge is -2.26. The van der Waals surface area contributed by atoms with Gasteiger partial charge in [-0.3, -0.25) is 0 Å². The Bertz CT molecular complexity index is 335. The summed E-state index contributed by atoms with van der Waals surface area (Å²) in [6.07, 6.45) is 2.99. The van der Waals surface area contributed by atoms with Gasteiger partial charge in [0.2, 0.25) is 0 Å². The molecule has 2 rings (SSSR count). The molecule has 2 aliphatic rings. The Balaban J connectivity index is 1.95. The number of rotatable bonds is 6. The van der Waals surface area contributed by atoms with E-state index >= 15 is 0 Å². The zero-order valence-corrected chi connectivity index (χ0v) is 13.1. The van der Waals surface area contributed by atoms with E-state index < -0.39 is 24.0 Å². The van der Waals surface area contributed by atoms with Crippen LogP contribution in [0.5, 0.6) is 0 Å². The van der Waals surface area contributed by atoms with Crippen LogP contribution in [0, 0.1) is 0 Å². The van der Waals surface area contributed by atoms with Crippen LogP contribution in [0.1, 0.15) is 46.0 Å². The van der Waals surface area contributed by atoms with Crippen molar-refractivity contribution >= 4 is 5.97 Å². The van der Waals surface area contributed by atoms with Crippen molar-refractivity contribution in [3.05, 3.63) is 0 Å². The molecule has 0 bridgehead atoms. The van der Waals surface area contributed by atoms with Crippen LogP contribution in [0.15, 0.2) is 0 Å². The minimum atomic E-state index is -0.738. The number of esters is 1. The average molecular weight is 302 g/mol. The molecule has 2 saturated heterocycles. The number of hydrogen-bond acceptors (Lipinski definition) is 6. The second-order valence-electron chi connectivity index (χ2n) is 5.47. The maximum absolute atomic E-state index is 11.9. The van der Waals surface area contributed by atoms with Crippen LogP contribution in [0.3, 0.4) is 0 Å².